The second kappa shape index (κ2) is 29.6. The molecule has 0 saturated carbocycles. The number of hydrogen-bond acceptors (Lipinski definition) is 8. The van der Waals surface area contributed by atoms with E-state index in [0.717, 1.165) is 70.6 Å². The normalized spacial score (nSPS) is 23.1. The van der Waals surface area contributed by atoms with Crippen molar-refractivity contribution in [3.8, 4) is 0 Å². The Morgan fingerprint density at radius 3 is 1.91 bits per heavy atom. The van der Waals surface area contributed by atoms with E-state index >= 15 is 0 Å². The predicted molar refractivity (Wildman–Crippen MR) is 189 cm³/mol. The minimum absolute atomic E-state index is 0.143. The van der Waals surface area contributed by atoms with E-state index in [0.29, 0.717) is 12.8 Å². The molecule has 0 aromatic heterocycles. The van der Waals surface area contributed by atoms with Crippen molar-refractivity contribution in [2.75, 3.05) is 13.2 Å². The molecule has 0 bridgehead atoms. The van der Waals surface area contributed by atoms with Crippen LogP contribution in [0.4, 0.5) is 0 Å². The number of aliphatic hydroxyl groups is 5. The van der Waals surface area contributed by atoms with Gasteiger partial charge in [-0.25, -0.2) is 0 Å². The van der Waals surface area contributed by atoms with Crippen molar-refractivity contribution < 1.29 is 39.8 Å². The number of ether oxygens (including phenoxy) is 2. The van der Waals surface area contributed by atoms with Crippen LogP contribution in [-0.2, 0) is 14.3 Å². The lowest BCUT2D eigenvalue weighted by atomic mass is 9.99. The van der Waals surface area contributed by atoms with Crippen molar-refractivity contribution >= 4 is 5.91 Å². The van der Waals surface area contributed by atoms with Gasteiger partial charge in [-0.1, -0.05) is 134 Å². The maximum atomic E-state index is 12.8. The number of allylic oxidation sites excluding steroid dienone is 4. The summed E-state index contributed by atoms with van der Waals surface area (Å²) in [6.45, 7) is 3.72. The topological polar surface area (TPSA) is 149 Å². The van der Waals surface area contributed by atoms with Crippen molar-refractivity contribution in [2.45, 2.75) is 198 Å². The number of rotatable bonds is 30. The third kappa shape index (κ3) is 21.4. The van der Waals surface area contributed by atoms with Crippen molar-refractivity contribution in [3.05, 3.63) is 24.3 Å². The lowest BCUT2D eigenvalue weighted by Gasteiger charge is -2.40. The number of hydrogen-bond donors (Lipinski definition) is 6. The molecule has 0 spiro atoms. The molecule has 47 heavy (non-hydrogen) atoms. The van der Waals surface area contributed by atoms with Gasteiger partial charge in [-0.05, 0) is 38.5 Å². The van der Waals surface area contributed by atoms with Gasteiger partial charge in [-0.3, -0.25) is 4.79 Å². The molecule has 0 aliphatic carbocycles. The highest BCUT2D eigenvalue weighted by molar-refractivity contribution is 5.76. The van der Waals surface area contributed by atoms with E-state index in [2.05, 4.69) is 43.5 Å². The second-order valence-corrected chi connectivity index (χ2v) is 13.4. The van der Waals surface area contributed by atoms with Crippen LogP contribution < -0.4 is 5.32 Å². The Morgan fingerprint density at radius 2 is 1.30 bits per heavy atom. The SMILES string of the molecule is CCC/C=C\C/C=C\CCCCCCCC(=O)NC(COC1OC(CO)C(O)C(O)C1O)C(O)CCCCCCCCCCCCC. The molecule has 9 nitrogen and oxygen atoms in total. The fraction of sp³-hybridized carbons (Fsp3) is 0.868. The Bertz CT molecular complexity index is 792. The van der Waals surface area contributed by atoms with Crippen LogP contribution in [0.1, 0.15) is 155 Å². The third-order valence-electron chi connectivity index (χ3n) is 9.04. The van der Waals surface area contributed by atoms with Gasteiger partial charge < -0.3 is 40.3 Å². The standard InChI is InChI=1S/C38H71NO8/c1-3-5-7-9-11-13-15-16-18-20-22-24-26-28-34(42)39-31(30-46-38-37(45)36(44)35(43)33(29-40)47-38)32(41)27-25-23-21-19-17-14-12-10-8-6-4-2/h7,9,13,15,31-33,35-38,40-41,43-45H,3-6,8,10-12,14,16-30H2,1-2H3,(H,39,42)/b9-7-,15-13-. The van der Waals surface area contributed by atoms with E-state index in [1.165, 1.54) is 57.8 Å². The molecule has 1 aliphatic rings. The maximum Gasteiger partial charge on any atom is 0.220 e. The van der Waals surface area contributed by atoms with E-state index < -0.39 is 49.5 Å². The van der Waals surface area contributed by atoms with Crippen LogP contribution in [0.15, 0.2) is 24.3 Å². The average molecular weight is 670 g/mol. The Labute approximate surface area is 286 Å². The maximum absolute atomic E-state index is 12.8. The average Bonchev–Trinajstić information content (AvgIpc) is 3.07. The van der Waals surface area contributed by atoms with Gasteiger partial charge in [0.1, 0.15) is 24.4 Å². The molecule has 0 aromatic carbocycles. The van der Waals surface area contributed by atoms with Gasteiger partial charge in [0, 0.05) is 6.42 Å². The van der Waals surface area contributed by atoms with Crippen molar-refractivity contribution in [2.24, 2.45) is 0 Å². The molecule has 1 rings (SSSR count). The largest absolute Gasteiger partial charge is 0.394 e. The van der Waals surface area contributed by atoms with Gasteiger partial charge >= 0.3 is 0 Å². The van der Waals surface area contributed by atoms with Gasteiger partial charge in [0.25, 0.3) is 0 Å². The van der Waals surface area contributed by atoms with E-state index in [1.807, 2.05) is 0 Å². The van der Waals surface area contributed by atoms with Crippen LogP contribution in [0, 0.1) is 0 Å². The molecule has 276 valence electrons. The van der Waals surface area contributed by atoms with Crippen molar-refractivity contribution in [1.29, 1.82) is 0 Å². The molecule has 1 amide bonds. The minimum atomic E-state index is -1.55. The van der Waals surface area contributed by atoms with Gasteiger partial charge in [0.15, 0.2) is 6.29 Å². The van der Waals surface area contributed by atoms with E-state index in [1.54, 1.807) is 0 Å². The molecule has 0 radical (unpaired) electrons. The van der Waals surface area contributed by atoms with Crippen LogP contribution in [-0.4, -0.2) is 87.5 Å². The number of aliphatic hydroxyl groups excluding tert-OH is 5. The first-order valence-electron chi connectivity index (χ1n) is 19.0. The number of carbonyl (C=O) groups excluding carboxylic acids is 1. The van der Waals surface area contributed by atoms with Crippen LogP contribution in [0.25, 0.3) is 0 Å². The number of carbonyl (C=O) groups is 1. The number of nitrogens with one attached hydrogen (secondary N) is 1. The molecule has 1 saturated heterocycles. The van der Waals surface area contributed by atoms with Gasteiger partial charge in [0.05, 0.1) is 25.4 Å². The third-order valence-corrected chi connectivity index (χ3v) is 9.04. The fourth-order valence-electron chi connectivity index (χ4n) is 5.90. The summed E-state index contributed by atoms with van der Waals surface area (Å²) in [5.41, 5.74) is 0. The highest BCUT2D eigenvalue weighted by atomic mass is 16.7. The molecule has 0 aromatic rings. The molecular weight excluding hydrogens is 598 g/mol. The van der Waals surface area contributed by atoms with Gasteiger partial charge in [-0.15, -0.1) is 0 Å². The zero-order valence-corrected chi connectivity index (χ0v) is 29.8. The van der Waals surface area contributed by atoms with Crippen LogP contribution >= 0.6 is 0 Å². The lowest BCUT2D eigenvalue weighted by Crippen LogP contribution is -2.60. The molecule has 6 N–H and O–H groups in total. The monoisotopic (exact) mass is 670 g/mol. The van der Waals surface area contributed by atoms with Crippen LogP contribution in [0.3, 0.4) is 0 Å². The Morgan fingerprint density at radius 1 is 0.723 bits per heavy atom. The fourth-order valence-corrected chi connectivity index (χ4v) is 5.90. The van der Waals surface area contributed by atoms with E-state index in [-0.39, 0.29) is 12.5 Å². The first-order chi connectivity index (χ1) is 22.8. The van der Waals surface area contributed by atoms with E-state index in [4.69, 9.17) is 9.47 Å². The number of amides is 1. The van der Waals surface area contributed by atoms with Crippen LogP contribution in [0.5, 0.6) is 0 Å². The summed E-state index contributed by atoms with van der Waals surface area (Å²) in [5, 5.41) is 54.0. The predicted octanol–water partition coefficient (Wildman–Crippen LogP) is 6.38. The first-order valence-corrected chi connectivity index (χ1v) is 19.0. The Kier molecular flexibility index (Phi) is 27.5. The highest BCUT2D eigenvalue weighted by Crippen LogP contribution is 2.23. The van der Waals surface area contributed by atoms with Gasteiger partial charge in [0.2, 0.25) is 5.91 Å². The molecule has 1 aliphatic heterocycles. The summed E-state index contributed by atoms with van der Waals surface area (Å²) in [6.07, 6.45) is 24.7. The molecule has 7 atom stereocenters. The van der Waals surface area contributed by atoms with Gasteiger partial charge in [-0.2, -0.15) is 0 Å². The second-order valence-electron chi connectivity index (χ2n) is 13.4. The summed E-state index contributed by atoms with van der Waals surface area (Å²) >= 11 is 0. The van der Waals surface area contributed by atoms with Crippen LogP contribution in [0.2, 0.25) is 0 Å². The summed E-state index contributed by atoms with van der Waals surface area (Å²) < 4.78 is 11.2. The molecular formula is C38H71NO8. The van der Waals surface area contributed by atoms with Crippen molar-refractivity contribution in [1.82, 2.24) is 5.32 Å². The molecule has 9 heteroatoms. The zero-order chi connectivity index (χ0) is 34.5. The number of unbranched alkanes of at least 4 members (excludes halogenated alkanes) is 16. The highest BCUT2D eigenvalue weighted by Gasteiger charge is 2.44. The quantitative estimate of drug-likeness (QED) is 0.0381. The Hall–Kier alpha value is -1.33. The summed E-state index contributed by atoms with van der Waals surface area (Å²) in [4.78, 5) is 12.8. The zero-order valence-electron chi connectivity index (χ0n) is 29.8. The molecule has 7 unspecified atom stereocenters. The summed E-state index contributed by atoms with van der Waals surface area (Å²) in [6, 6.07) is -0.721. The van der Waals surface area contributed by atoms with Crippen molar-refractivity contribution in [3.63, 3.8) is 0 Å². The molecule has 1 fully saturated rings. The smallest absolute Gasteiger partial charge is 0.220 e. The summed E-state index contributed by atoms with van der Waals surface area (Å²) in [5.74, 6) is -0.163. The lowest BCUT2D eigenvalue weighted by molar-refractivity contribution is -0.302. The Balaban J connectivity index is 2.44. The summed E-state index contributed by atoms with van der Waals surface area (Å²) in [7, 11) is 0. The first kappa shape index (κ1) is 43.7. The van der Waals surface area contributed by atoms with E-state index in [9.17, 15) is 30.3 Å². The minimum Gasteiger partial charge on any atom is -0.394 e. The molecule has 1 heterocycles.